The van der Waals surface area contributed by atoms with Gasteiger partial charge in [-0.2, -0.15) is 0 Å². The lowest BCUT2D eigenvalue weighted by molar-refractivity contribution is 0.250. The highest BCUT2D eigenvalue weighted by molar-refractivity contribution is 7.91. The van der Waals surface area contributed by atoms with Crippen molar-refractivity contribution in [2.45, 2.75) is 25.7 Å². The number of hydrogen-bond donors (Lipinski definition) is 1. The molecule has 0 aromatic carbocycles. The van der Waals surface area contributed by atoms with E-state index in [1.165, 1.54) is 25.8 Å². The quantitative estimate of drug-likeness (QED) is 0.803. The Morgan fingerprint density at radius 2 is 2.06 bits per heavy atom. The van der Waals surface area contributed by atoms with Crippen LogP contribution in [0.3, 0.4) is 0 Å². The van der Waals surface area contributed by atoms with Crippen LogP contribution in [0, 0.1) is 5.92 Å². The Kier molecular flexibility index (Phi) is 4.82. The summed E-state index contributed by atoms with van der Waals surface area (Å²) in [6.45, 7) is 5.08. The molecule has 0 radical (unpaired) electrons. The molecule has 1 unspecified atom stereocenters. The van der Waals surface area contributed by atoms with Crippen molar-refractivity contribution in [3.63, 3.8) is 0 Å². The van der Waals surface area contributed by atoms with E-state index in [-0.39, 0.29) is 0 Å². The average Bonchev–Trinajstić information content (AvgIpc) is 2.49. The minimum atomic E-state index is -2.75. The van der Waals surface area contributed by atoms with Crippen molar-refractivity contribution in [1.29, 1.82) is 0 Å². The van der Waals surface area contributed by atoms with Crippen LogP contribution in [0.15, 0.2) is 0 Å². The van der Waals surface area contributed by atoms with Crippen molar-refractivity contribution in [3.8, 4) is 0 Å². The van der Waals surface area contributed by atoms with Crippen molar-refractivity contribution < 1.29 is 8.42 Å². The standard InChI is InChI=1S/C12H24N2O2S/c15-17(16)9-2-6-14(8-10-17)7-4-12-3-1-5-13-11-12/h12-13H,1-11H2. The Morgan fingerprint density at radius 3 is 2.82 bits per heavy atom. The molecule has 2 rings (SSSR count). The minimum Gasteiger partial charge on any atom is -0.316 e. The second-order valence-electron chi connectivity index (χ2n) is 5.35. The highest BCUT2D eigenvalue weighted by atomic mass is 32.2. The van der Waals surface area contributed by atoms with Crippen LogP contribution >= 0.6 is 0 Å². The van der Waals surface area contributed by atoms with Crippen LogP contribution in [-0.2, 0) is 9.84 Å². The summed E-state index contributed by atoms with van der Waals surface area (Å²) in [7, 11) is -2.75. The van der Waals surface area contributed by atoms with Crippen LogP contribution in [-0.4, -0.2) is 57.5 Å². The topological polar surface area (TPSA) is 49.4 Å². The van der Waals surface area contributed by atoms with Crippen LogP contribution in [0.1, 0.15) is 25.7 Å². The van der Waals surface area contributed by atoms with Gasteiger partial charge in [0.2, 0.25) is 0 Å². The molecule has 0 bridgehead atoms. The van der Waals surface area contributed by atoms with Crippen LogP contribution in [0.2, 0.25) is 0 Å². The Bertz CT molecular complexity index is 323. The summed E-state index contributed by atoms with van der Waals surface area (Å²) in [5.74, 6) is 1.54. The molecule has 1 N–H and O–H groups in total. The zero-order valence-electron chi connectivity index (χ0n) is 10.5. The van der Waals surface area contributed by atoms with Gasteiger partial charge in [-0.15, -0.1) is 0 Å². The number of rotatable bonds is 3. The molecule has 17 heavy (non-hydrogen) atoms. The third-order valence-corrected chi connectivity index (χ3v) is 5.62. The third-order valence-electron chi connectivity index (χ3n) is 3.90. The van der Waals surface area contributed by atoms with E-state index in [0.717, 1.165) is 38.5 Å². The molecule has 0 aromatic heterocycles. The summed E-state index contributed by atoms with van der Waals surface area (Å²) in [5.41, 5.74) is 0. The first-order valence-electron chi connectivity index (χ1n) is 6.79. The molecule has 0 saturated carbocycles. The van der Waals surface area contributed by atoms with Gasteiger partial charge in [-0.05, 0) is 57.8 Å². The van der Waals surface area contributed by atoms with Crippen LogP contribution < -0.4 is 5.32 Å². The van der Waals surface area contributed by atoms with E-state index in [9.17, 15) is 8.42 Å². The number of sulfone groups is 1. The Morgan fingerprint density at radius 1 is 1.18 bits per heavy atom. The molecule has 1 atom stereocenters. The number of nitrogens with zero attached hydrogens (tertiary/aromatic N) is 1. The monoisotopic (exact) mass is 260 g/mol. The summed E-state index contributed by atoms with van der Waals surface area (Å²) in [6, 6.07) is 0. The van der Waals surface area contributed by atoms with Crippen molar-refractivity contribution in [1.82, 2.24) is 10.2 Å². The van der Waals surface area contributed by atoms with Crippen molar-refractivity contribution in [3.05, 3.63) is 0 Å². The van der Waals surface area contributed by atoms with Gasteiger partial charge in [0.05, 0.1) is 11.5 Å². The summed E-state index contributed by atoms with van der Waals surface area (Å²) < 4.78 is 23.0. The van der Waals surface area contributed by atoms with Crippen molar-refractivity contribution in [2.75, 3.05) is 44.2 Å². The fraction of sp³-hybridized carbons (Fsp3) is 1.00. The molecule has 100 valence electrons. The fourth-order valence-electron chi connectivity index (χ4n) is 2.75. The Balaban J connectivity index is 1.71. The van der Waals surface area contributed by atoms with E-state index < -0.39 is 9.84 Å². The SMILES string of the molecule is O=S1(=O)CCCN(CCC2CCCNC2)CC1. The fourth-order valence-corrected chi connectivity index (χ4v) is 4.06. The maximum atomic E-state index is 11.5. The minimum absolute atomic E-state index is 0.357. The molecule has 2 aliphatic rings. The predicted molar refractivity (Wildman–Crippen MR) is 69.9 cm³/mol. The first-order valence-corrected chi connectivity index (χ1v) is 8.61. The van der Waals surface area contributed by atoms with Gasteiger partial charge in [0.15, 0.2) is 9.84 Å². The van der Waals surface area contributed by atoms with Gasteiger partial charge >= 0.3 is 0 Å². The van der Waals surface area contributed by atoms with E-state index in [1.807, 2.05) is 0 Å². The first kappa shape index (κ1) is 13.3. The summed E-state index contributed by atoms with van der Waals surface area (Å²) in [4.78, 5) is 2.33. The normalized spacial score (nSPS) is 30.9. The lowest BCUT2D eigenvalue weighted by Gasteiger charge is -2.26. The summed E-state index contributed by atoms with van der Waals surface area (Å²) in [6.07, 6.45) is 4.65. The van der Waals surface area contributed by atoms with E-state index in [4.69, 9.17) is 0 Å². The van der Waals surface area contributed by atoms with E-state index in [2.05, 4.69) is 10.2 Å². The van der Waals surface area contributed by atoms with Crippen molar-refractivity contribution >= 4 is 9.84 Å². The maximum Gasteiger partial charge on any atom is 0.151 e. The second kappa shape index (κ2) is 6.16. The zero-order valence-corrected chi connectivity index (χ0v) is 11.3. The maximum absolute atomic E-state index is 11.5. The molecule has 0 aliphatic carbocycles. The molecule has 0 aromatic rings. The van der Waals surface area contributed by atoms with E-state index >= 15 is 0 Å². The van der Waals surface area contributed by atoms with Gasteiger partial charge < -0.3 is 10.2 Å². The highest BCUT2D eigenvalue weighted by Gasteiger charge is 2.20. The first-order chi connectivity index (χ1) is 8.16. The van der Waals surface area contributed by atoms with Gasteiger partial charge in [-0.3, -0.25) is 0 Å². The van der Waals surface area contributed by atoms with Gasteiger partial charge in [-0.25, -0.2) is 8.42 Å². The van der Waals surface area contributed by atoms with Crippen molar-refractivity contribution in [2.24, 2.45) is 5.92 Å². The Labute approximate surface area is 105 Å². The largest absolute Gasteiger partial charge is 0.316 e. The van der Waals surface area contributed by atoms with Gasteiger partial charge in [-0.1, -0.05) is 0 Å². The summed E-state index contributed by atoms with van der Waals surface area (Å²) in [5, 5.41) is 3.43. The molecular formula is C12H24N2O2S. The molecular weight excluding hydrogens is 236 g/mol. The molecule has 0 amide bonds. The van der Waals surface area contributed by atoms with E-state index in [0.29, 0.717) is 11.5 Å². The summed E-state index contributed by atoms with van der Waals surface area (Å²) >= 11 is 0. The second-order valence-corrected chi connectivity index (χ2v) is 7.65. The number of piperidine rings is 1. The average molecular weight is 260 g/mol. The lowest BCUT2D eigenvalue weighted by Crippen LogP contribution is -2.34. The Hall–Kier alpha value is -0.130. The van der Waals surface area contributed by atoms with Crippen LogP contribution in [0.25, 0.3) is 0 Å². The van der Waals surface area contributed by atoms with Gasteiger partial charge in [0, 0.05) is 6.54 Å². The molecule has 2 aliphatic heterocycles. The molecule has 5 heteroatoms. The van der Waals surface area contributed by atoms with Gasteiger partial charge in [0.25, 0.3) is 0 Å². The smallest absolute Gasteiger partial charge is 0.151 e. The number of nitrogens with one attached hydrogen (secondary N) is 1. The zero-order chi connectivity index (χ0) is 12.1. The van der Waals surface area contributed by atoms with E-state index in [1.54, 1.807) is 0 Å². The molecule has 0 spiro atoms. The molecule has 2 heterocycles. The third kappa shape index (κ3) is 4.56. The molecule has 2 saturated heterocycles. The highest BCUT2D eigenvalue weighted by Crippen LogP contribution is 2.15. The lowest BCUT2D eigenvalue weighted by atomic mass is 9.96. The van der Waals surface area contributed by atoms with Crippen LogP contribution in [0.4, 0.5) is 0 Å². The van der Waals surface area contributed by atoms with Gasteiger partial charge in [0.1, 0.15) is 0 Å². The molecule has 2 fully saturated rings. The van der Waals surface area contributed by atoms with Crippen LogP contribution in [0.5, 0.6) is 0 Å². The number of hydrogen-bond acceptors (Lipinski definition) is 4. The predicted octanol–water partition coefficient (Wildman–Crippen LogP) is 0.497. The molecule has 4 nitrogen and oxygen atoms in total.